The van der Waals surface area contributed by atoms with Crippen molar-refractivity contribution < 1.29 is 9.59 Å². The van der Waals surface area contributed by atoms with Crippen molar-refractivity contribution in [3.8, 4) is 0 Å². The summed E-state index contributed by atoms with van der Waals surface area (Å²) in [5.74, 6) is 0.438. The summed E-state index contributed by atoms with van der Waals surface area (Å²) in [4.78, 5) is 29.7. The number of hydrogen-bond acceptors (Lipinski definition) is 2. The number of carbonyl (C=O) groups excluding carboxylic acids is 2. The number of carbonyl (C=O) groups is 2. The molecule has 0 saturated heterocycles. The monoisotopic (exact) mass is 392 g/mol. The van der Waals surface area contributed by atoms with Crippen molar-refractivity contribution in [2.45, 2.75) is 46.1 Å². The predicted octanol–water partition coefficient (Wildman–Crippen LogP) is 4.81. The van der Waals surface area contributed by atoms with Crippen LogP contribution in [0.3, 0.4) is 0 Å². The van der Waals surface area contributed by atoms with E-state index in [0.717, 1.165) is 42.5 Å². The van der Waals surface area contributed by atoms with Crippen molar-refractivity contribution in [2.75, 3.05) is 18.5 Å². The van der Waals surface area contributed by atoms with Crippen molar-refractivity contribution in [2.24, 2.45) is 11.8 Å². The zero-order chi connectivity index (χ0) is 20.8. The first-order chi connectivity index (χ1) is 14.0. The molecular formula is C25H32N2O2. The van der Waals surface area contributed by atoms with Crippen LogP contribution in [0.1, 0.15) is 43.7 Å². The molecule has 2 amide bonds. The van der Waals surface area contributed by atoms with Crippen LogP contribution in [0.2, 0.25) is 0 Å². The lowest BCUT2D eigenvalue weighted by Gasteiger charge is -2.33. The van der Waals surface area contributed by atoms with Crippen molar-refractivity contribution in [3.63, 3.8) is 0 Å². The van der Waals surface area contributed by atoms with Gasteiger partial charge in [0.1, 0.15) is 0 Å². The highest BCUT2D eigenvalue weighted by Gasteiger charge is 2.33. The van der Waals surface area contributed by atoms with Crippen LogP contribution >= 0.6 is 0 Å². The van der Waals surface area contributed by atoms with Crippen LogP contribution in [0.25, 0.3) is 0 Å². The Kier molecular flexibility index (Phi) is 7.08. The predicted molar refractivity (Wildman–Crippen MR) is 118 cm³/mol. The fourth-order valence-corrected chi connectivity index (χ4v) is 4.32. The Labute approximate surface area is 174 Å². The van der Waals surface area contributed by atoms with Crippen LogP contribution in [0, 0.1) is 18.8 Å². The van der Waals surface area contributed by atoms with Gasteiger partial charge in [-0.15, -0.1) is 0 Å². The van der Waals surface area contributed by atoms with Crippen molar-refractivity contribution in [3.05, 3.63) is 65.7 Å². The third-order valence-electron chi connectivity index (χ3n) is 5.96. The van der Waals surface area contributed by atoms with Gasteiger partial charge in [-0.25, -0.2) is 0 Å². The van der Waals surface area contributed by atoms with Crippen LogP contribution in [0.15, 0.2) is 54.6 Å². The Hall–Kier alpha value is -2.62. The summed E-state index contributed by atoms with van der Waals surface area (Å²) in [5.41, 5.74) is 3.27. The van der Waals surface area contributed by atoms with Gasteiger partial charge in [-0.05, 0) is 62.8 Å². The van der Waals surface area contributed by atoms with Gasteiger partial charge in [-0.3, -0.25) is 9.59 Å². The van der Waals surface area contributed by atoms with Crippen LogP contribution in [-0.2, 0) is 16.1 Å². The number of anilines is 1. The average molecular weight is 393 g/mol. The summed E-state index contributed by atoms with van der Waals surface area (Å²) >= 11 is 0. The second kappa shape index (κ2) is 9.73. The molecule has 4 nitrogen and oxygen atoms in total. The van der Waals surface area contributed by atoms with Crippen molar-refractivity contribution in [1.82, 2.24) is 4.90 Å². The molecule has 0 aliphatic heterocycles. The van der Waals surface area contributed by atoms with Gasteiger partial charge in [0.15, 0.2) is 0 Å². The Balaban J connectivity index is 1.56. The third kappa shape index (κ3) is 5.26. The van der Waals surface area contributed by atoms with Crippen LogP contribution in [0.5, 0.6) is 0 Å². The van der Waals surface area contributed by atoms with Gasteiger partial charge in [0, 0.05) is 37.7 Å². The van der Waals surface area contributed by atoms with E-state index in [9.17, 15) is 9.59 Å². The molecule has 0 spiro atoms. The maximum atomic E-state index is 13.1. The van der Waals surface area contributed by atoms with E-state index in [1.807, 2.05) is 79.2 Å². The fourth-order valence-electron chi connectivity index (χ4n) is 4.32. The summed E-state index contributed by atoms with van der Waals surface area (Å²) in [6.07, 6.45) is 3.16. The zero-order valence-electron chi connectivity index (χ0n) is 17.8. The smallest absolute Gasteiger partial charge is 0.230 e. The van der Waals surface area contributed by atoms with E-state index in [0.29, 0.717) is 13.1 Å². The highest BCUT2D eigenvalue weighted by molar-refractivity contribution is 5.95. The molecule has 29 heavy (non-hydrogen) atoms. The molecule has 0 heterocycles. The molecule has 0 radical (unpaired) electrons. The molecule has 0 atom stereocenters. The first-order valence-corrected chi connectivity index (χ1v) is 10.7. The lowest BCUT2D eigenvalue weighted by atomic mass is 9.80. The molecular weight excluding hydrogens is 360 g/mol. The molecule has 0 bridgehead atoms. The number of aryl methyl sites for hydroxylation is 1. The molecule has 0 N–H and O–H groups in total. The van der Waals surface area contributed by atoms with Gasteiger partial charge in [0.2, 0.25) is 11.8 Å². The number of amides is 2. The summed E-state index contributed by atoms with van der Waals surface area (Å²) in [7, 11) is 1.88. The first kappa shape index (κ1) is 21.1. The van der Waals surface area contributed by atoms with Gasteiger partial charge >= 0.3 is 0 Å². The fraction of sp³-hybridized carbons (Fsp3) is 0.440. The number of rotatable bonds is 6. The standard InChI is InChI=1S/C25H32N2O2/c1-4-27(23-12-8-9-19(2)17-23)25(29)22-15-13-21(14-16-22)24(28)26(3)18-20-10-6-5-7-11-20/h5-12,17,21-22H,4,13-16,18H2,1-3H3. The van der Waals surface area contributed by atoms with E-state index in [1.165, 1.54) is 0 Å². The van der Waals surface area contributed by atoms with E-state index in [4.69, 9.17) is 0 Å². The van der Waals surface area contributed by atoms with Gasteiger partial charge in [-0.1, -0.05) is 42.5 Å². The zero-order valence-corrected chi connectivity index (χ0v) is 17.8. The Morgan fingerprint density at radius 2 is 1.52 bits per heavy atom. The quantitative estimate of drug-likeness (QED) is 0.708. The minimum Gasteiger partial charge on any atom is -0.341 e. The molecule has 1 aliphatic carbocycles. The summed E-state index contributed by atoms with van der Waals surface area (Å²) < 4.78 is 0. The van der Waals surface area contributed by atoms with E-state index in [2.05, 4.69) is 6.07 Å². The SMILES string of the molecule is CCN(C(=O)C1CCC(C(=O)N(C)Cc2ccccc2)CC1)c1cccc(C)c1. The van der Waals surface area contributed by atoms with Crippen molar-refractivity contribution >= 4 is 17.5 Å². The van der Waals surface area contributed by atoms with E-state index in [1.54, 1.807) is 0 Å². The molecule has 1 saturated carbocycles. The molecule has 3 rings (SSSR count). The second-order valence-electron chi connectivity index (χ2n) is 8.15. The number of hydrogen-bond donors (Lipinski definition) is 0. The molecule has 2 aromatic carbocycles. The van der Waals surface area contributed by atoms with Crippen LogP contribution in [0.4, 0.5) is 5.69 Å². The Bertz CT molecular complexity index is 826. The molecule has 1 fully saturated rings. The highest BCUT2D eigenvalue weighted by atomic mass is 16.2. The maximum absolute atomic E-state index is 13.1. The van der Waals surface area contributed by atoms with Gasteiger partial charge in [0.25, 0.3) is 0 Å². The average Bonchev–Trinajstić information content (AvgIpc) is 2.74. The van der Waals surface area contributed by atoms with E-state index in [-0.39, 0.29) is 23.7 Å². The lowest BCUT2D eigenvalue weighted by molar-refractivity contribution is -0.137. The number of benzene rings is 2. The molecule has 1 aliphatic rings. The molecule has 4 heteroatoms. The Morgan fingerprint density at radius 3 is 2.10 bits per heavy atom. The highest BCUT2D eigenvalue weighted by Crippen LogP contribution is 2.32. The van der Waals surface area contributed by atoms with Crippen LogP contribution < -0.4 is 4.90 Å². The minimum absolute atomic E-state index is 0.0129. The maximum Gasteiger partial charge on any atom is 0.230 e. The summed E-state index contributed by atoms with van der Waals surface area (Å²) in [6.45, 7) is 5.37. The normalized spacial score (nSPS) is 18.9. The third-order valence-corrected chi connectivity index (χ3v) is 5.96. The number of nitrogens with zero attached hydrogens (tertiary/aromatic N) is 2. The van der Waals surface area contributed by atoms with E-state index < -0.39 is 0 Å². The summed E-state index contributed by atoms with van der Waals surface area (Å²) in [5, 5.41) is 0. The second-order valence-corrected chi connectivity index (χ2v) is 8.15. The van der Waals surface area contributed by atoms with Gasteiger partial charge < -0.3 is 9.80 Å². The molecule has 2 aromatic rings. The summed E-state index contributed by atoms with van der Waals surface area (Å²) in [6, 6.07) is 18.2. The van der Waals surface area contributed by atoms with E-state index >= 15 is 0 Å². The van der Waals surface area contributed by atoms with Gasteiger partial charge in [0.05, 0.1) is 0 Å². The molecule has 154 valence electrons. The van der Waals surface area contributed by atoms with Gasteiger partial charge in [-0.2, -0.15) is 0 Å². The van der Waals surface area contributed by atoms with Crippen molar-refractivity contribution in [1.29, 1.82) is 0 Å². The van der Waals surface area contributed by atoms with Crippen LogP contribution in [-0.4, -0.2) is 30.3 Å². The lowest BCUT2D eigenvalue weighted by Crippen LogP contribution is -2.40. The molecule has 0 unspecified atom stereocenters. The largest absolute Gasteiger partial charge is 0.341 e. The topological polar surface area (TPSA) is 40.6 Å². The first-order valence-electron chi connectivity index (χ1n) is 10.7. The Morgan fingerprint density at radius 1 is 0.897 bits per heavy atom. The minimum atomic E-state index is 0.0129. The molecule has 0 aromatic heterocycles.